The lowest BCUT2D eigenvalue weighted by Gasteiger charge is -2.44. The van der Waals surface area contributed by atoms with Crippen molar-refractivity contribution in [1.82, 2.24) is 4.72 Å². The number of carbonyl (C=O) groups excluding carboxylic acids is 1. The summed E-state index contributed by atoms with van der Waals surface area (Å²) in [6.07, 6.45) is 5.08. The van der Waals surface area contributed by atoms with Gasteiger partial charge in [-0.2, -0.15) is 0 Å². The highest BCUT2D eigenvalue weighted by Gasteiger charge is 2.44. The molecule has 172 valence electrons. The van der Waals surface area contributed by atoms with Crippen LogP contribution in [0.25, 0.3) is 0 Å². The second kappa shape index (κ2) is 7.67. The molecule has 1 N–H and O–H groups in total. The molecule has 3 atom stereocenters. The van der Waals surface area contributed by atoms with E-state index in [1.807, 2.05) is 6.07 Å². The van der Waals surface area contributed by atoms with E-state index >= 15 is 0 Å². The molecule has 4 aliphatic rings. The van der Waals surface area contributed by atoms with Crippen molar-refractivity contribution in [2.45, 2.75) is 48.2 Å². The quantitative estimate of drug-likeness (QED) is 0.575. The molecule has 3 unspecified atom stereocenters. The number of hydrogen-bond donors (Lipinski definition) is 1. The number of amides is 1. The monoisotopic (exact) mass is 484 g/mol. The molecule has 6 rings (SSSR count). The van der Waals surface area contributed by atoms with Crippen molar-refractivity contribution in [1.29, 1.82) is 0 Å². The summed E-state index contributed by atoms with van der Waals surface area (Å²) in [7, 11) is -3.67. The Morgan fingerprint density at radius 3 is 2.88 bits per heavy atom. The molecule has 2 heterocycles. The minimum atomic E-state index is -3.92. The number of benzene rings is 2. The number of fused-ring (bicyclic) bond motifs is 4. The molecule has 2 aromatic rings. The van der Waals surface area contributed by atoms with Gasteiger partial charge in [-0.1, -0.05) is 29.9 Å². The molecule has 0 saturated heterocycles. The number of aryl methyl sites for hydroxylation is 1. The highest BCUT2D eigenvalue weighted by molar-refractivity contribution is 7.90. The van der Waals surface area contributed by atoms with Crippen LogP contribution in [0.2, 0.25) is 10.8 Å². The Bertz CT molecular complexity index is 1250. The predicted octanol–water partition coefficient (Wildman–Crippen LogP) is 3.86. The molecule has 6 nitrogen and oxygen atoms in total. The highest BCUT2D eigenvalue weighted by atomic mass is 35.5. The number of sulfonamides is 1. The van der Waals surface area contributed by atoms with Gasteiger partial charge < -0.3 is 9.64 Å². The largest absolute Gasteiger partial charge is 0.490 e. The summed E-state index contributed by atoms with van der Waals surface area (Å²) in [5, 5.41) is 0.753. The maximum absolute atomic E-state index is 12.9. The van der Waals surface area contributed by atoms with Crippen LogP contribution in [0.4, 0.5) is 10.5 Å². The molecule has 2 aliphatic carbocycles. The van der Waals surface area contributed by atoms with Crippen molar-refractivity contribution in [3.8, 4) is 5.75 Å². The van der Waals surface area contributed by atoms with Crippen LogP contribution in [0, 0.1) is 5.92 Å². The number of halogens is 1. The van der Waals surface area contributed by atoms with Gasteiger partial charge in [-0.05, 0) is 73.1 Å². The van der Waals surface area contributed by atoms with Gasteiger partial charge in [-0.15, -0.1) is 0 Å². The molecule has 2 bridgehead atoms. The van der Waals surface area contributed by atoms with E-state index < -0.39 is 15.8 Å². The lowest BCUT2D eigenvalue weighted by molar-refractivity contribution is 0.204. The van der Waals surface area contributed by atoms with E-state index in [9.17, 15) is 13.2 Å². The topological polar surface area (TPSA) is 75.7 Å². The predicted molar refractivity (Wildman–Crippen MR) is 130 cm³/mol. The maximum atomic E-state index is 12.9. The van der Waals surface area contributed by atoms with Crippen molar-refractivity contribution >= 4 is 40.4 Å². The van der Waals surface area contributed by atoms with Crippen molar-refractivity contribution in [2.75, 3.05) is 24.6 Å². The third-order valence-corrected chi connectivity index (χ3v) is 9.65. The number of carbonyl (C=O) groups is 1. The van der Waals surface area contributed by atoms with E-state index in [1.54, 1.807) is 12.1 Å². The van der Waals surface area contributed by atoms with Crippen LogP contribution in [0.5, 0.6) is 5.75 Å². The van der Waals surface area contributed by atoms with E-state index in [0.717, 1.165) is 55.9 Å². The first-order valence-corrected chi connectivity index (χ1v) is 13.6. The second-order valence-corrected chi connectivity index (χ2v) is 12.2. The van der Waals surface area contributed by atoms with Crippen LogP contribution < -0.4 is 14.4 Å². The van der Waals surface area contributed by atoms with Gasteiger partial charge in [0.2, 0.25) is 7.28 Å². The molecule has 9 heteroatoms. The van der Waals surface area contributed by atoms with Gasteiger partial charge in [0.25, 0.3) is 10.0 Å². The summed E-state index contributed by atoms with van der Waals surface area (Å²) in [6.45, 7) is 2.09. The molecule has 1 spiro atoms. The van der Waals surface area contributed by atoms with E-state index in [0.29, 0.717) is 18.3 Å². The Labute approximate surface area is 199 Å². The maximum Gasteiger partial charge on any atom is 0.263 e. The van der Waals surface area contributed by atoms with Crippen LogP contribution in [-0.2, 0) is 21.9 Å². The van der Waals surface area contributed by atoms with E-state index in [2.05, 4.69) is 21.8 Å². The van der Waals surface area contributed by atoms with Crippen molar-refractivity contribution in [2.24, 2.45) is 5.92 Å². The van der Waals surface area contributed by atoms with Crippen LogP contribution in [-0.4, -0.2) is 41.2 Å². The van der Waals surface area contributed by atoms with Gasteiger partial charge in [-0.3, -0.25) is 9.52 Å². The van der Waals surface area contributed by atoms with Gasteiger partial charge in [0.05, 0.1) is 17.2 Å². The summed E-state index contributed by atoms with van der Waals surface area (Å²) in [6, 6.07) is 11.1. The first kappa shape index (κ1) is 21.4. The summed E-state index contributed by atoms with van der Waals surface area (Å²) in [5.74, 6) is 0.851. The fourth-order valence-corrected chi connectivity index (χ4v) is 7.39. The highest BCUT2D eigenvalue weighted by Crippen LogP contribution is 2.47. The van der Waals surface area contributed by atoms with Crippen molar-refractivity contribution in [3.63, 3.8) is 0 Å². The first-order chi connectivity index (χ1) is 15.8. The number of nitrogens with zero attached hydrogens (tertiary/aromatic N) is 1. The number of nitrogens with one attached hydrogen (secondary N) is 1. The Hall–Kier alpha value is -2.19. The lowest BCUT2D eigenvalue weighted by atomic mass is 9.50. The molecule has 1 fully saturated rings. The zero-order valence-corrected chi connectivity index (χ0v) is 19.9. The van der Waals surface area contributed by atoms with Crippen LogP contribution in [0.1, 0.15) is 36.8 Å². The average Bonchev–Trinajstić information content (AvgIpc) is 2.92. The first-order valence-electron chi connectivity index (χ1n) is 11.7. The molecular weight excluding hydrogens is 459 g/mol. The third kappa shape index (κ3) is 3.62. The molecule has 1 saturated carbocycles. The molecular formula is C24H26BClN2O4S. The minimum absolute atomic E-state index is 0.101. The fourth-order valence-electron chi connectivity index (χ4n) is 6.18. The van der Waals surface area contributed by atoms with E-state index in [1.165, 1.54) is 17.2 Å². The smallest absolute Gasteiger partial charge is 0.263 e. The Balaban J connectivity index is 1.47. The summed E-state index contributed by atoms with van der Waals surface area (Å²) >= 11 is 6.31. The van der Waals surface area contributed by atoms with Crippen molar-refractivity contribution in [3.05, 3.63) is 52.5 Å². The summed E-state index contributed by atoms with van der Waals surface area (Å²) in [4.78, 5) is 14.9. The number of anilines is 1. The average molecular weight is 485 g/mol. The minimum Gasteiger partial charge on any atom is -0.490 e. The number of rotatable bonds is 0. The van der Waals surface area contributed by atoms with E-state index in [-0.39, 0.29) is 23.4 Å². The molecule has 33 heavy (non-hydrogen) atoms. The molecule has 1 amide bonds. The number of hydrogen-bond acceptors (Lipinski definition) is 5. The second-order valence-electron chi connectivity index (χ2n) is 10.1. The molecule has 2 aromatic carbocycles. The Kier molecular flexibility index (Phi) is 4.96. The van der Waals surface area contributed by atoms with Crippen molar-refractivity contribution < 1.29 is 17.9 Å². The van der Waals surface area contributed by atoms with Crippen LogP contribution >= 0.6 is 11.6 Å². The number of ether oxygens (including phenoxy) is 1. The fraction of sp³-hybridized carbons (Fsp3) is 0.458. The van der Waals surface area contributed by atoms with Crippen LogP contribution in [0.3, 0.4) is 0 Å². The molecule has 0 aromatic heterocycles. The summed E-state index contributed by atoms with van der Waals surface area (Å²) < 4.78 is 34.5. The van der Waals surface area contributed by atoms with Gasteiger partial charge in [0.1, 0.15) is 5.75 Å². The lowest BCUT2D eigenvalue weighted by Crippen LogP contribution is -2.48. The zero-order valence-electron chi connectivity index (χ0n) is 18.3. The Morgan fingerprint density at radius 2 is 2.06 bits per heavy atom. The normalized spacial score (nSPS) is 29.7. The van der Waals surface area contributed by atoms with E-state index in [4.69, 9.17) is 16.3 Å². The SMILES string of the molecule is O=C1BC2CCC2CN2CC3(CCCc4cc(Cl)ccc43)COc3ccc(cc32)S(=O)(=O)N1. The van der Waals surface area contributed by atoms with Crippen LogP contribution in [0.15, 0.2) is 41.3 Å². The van der Waals surface area contributed by atoms with Gasteiger partial charge in [-0.25, -0.2) is 8.42 Å². The third-order valence-electron chi connectivity index (χ3n) is 8.04. The summed E-state index contributed by atoms with van der Waals surface area (Å²) in [5.41, 5.74) is 3.18. The van der Waals surface area contributed by atoms with Gasteiger partial charge in [0, 0.05) is 23.5 Å². The zero-order chi connectivity index (χ0) is 22.8. The van der Waals surface area contributed by atoms with Gasteiger partial charge in [0.15, 0.2) is 5.81 Å². The Morgan fingerprint density at radius 1 is 1.18 bits per heavy atom. The molecule has 0 radical (unpaired) electrons. The van der Waals surface area contributed by atoms with Gasteiger partial charge >= 0.3 is 0 Å². The standard InChI is InChI=1S/C24H26BClN2O4S/c26-17-4-6-19-15(10-17)2-1-9-24(19)13-28-12-16-3-7-20(16)25-23(29)27-33(30,31)18-5-8-22(32-14-24)21(28)11-18/h4-6,8,10-11,16,20,25H,1-3,7,9,12-14H2,(H,27,29). The molecule has 2 aliphatic heterocycles.